The lowest BCUT2D eigenvalue weighted by molar-refractivity contribution is -0.284. The van der Waals surface area contributed by atoms with Gasteiger partial charge >= 0.3 is 18.1 Å². The maximum atomic E-state index is 13.0. The number of hydrogen-bond donors (Lipinski definition) is 3. The molecule has 0 bridgehead atoms. The van der Waals surface area contributed by atoms with Gasteiger partial charge in [0.1, 0.15) is 11.5 Å². The highest BCUT2D eigenvalue weighted by atomic mass is 32.2. The summed E-state index contributed by atoms with van der Waals surface area (Å²) in [5.41, 5.74) is 8.10. The number of allylic oxidation sites excluding steroid dienone is 1. The van der Waals surface area contributed by atoms with Crippen LogP contribution in [-0.2, 0) is 15.6 Å². The number of aliphatic carboxylic acids is 1. The third kappa shape index (κ3) is 13.8. The minimum atomic E-state index is -5.54. The molecule has 2 aliphatic rings. The molecule has 0 aliphatic carbocycles. The van der Waals surface area contributed by atoms with Gasteiger partial charge in [-0.25, -0.2) is 0 Å². The van der Waals surface area contributed by atoms with Gasteiger partial charge in [0.2, 0.25) is 0 Å². The molecule has 4 aromatic rings. The summed E-state index contributed by atoms with van der Waals surface area (Å²) < 4.78 is 62.8. The molecule has 0 saturated carbocycles. The lowest BCUT2D eigenvalue weighted by Crippen LogP contribution is -2.36. The van der Waals surface area contributed by atoms with E-state index in [-0.39, 0.29) is 41.1 Å². The molecule has 2 aliphatic heterocycles. The standard InChI is InChI=1S/C34H45F5O4S.C21H24S/c1-32(25-15-17-26(40)18-16-25)23-44-30-22-27(41)19-20-28(30)29(32)14-10-6-4-2-3-5-8-12-24(31(42)43)13-9-7-11-21-33(35,36)34(37,38)39;1-5-6-19-18-12-9-16(3)13-20(18)22-14-21(19,4)17-10-7-15(2)8-11-17/h15-20,22,24,29,40-41H,2-14,21,23H2,1H3,(H,42,43);5,7-13,19H,1,6,14H2,2-4H3/t24?,29-,32-;19-,21-/m11/s1. The first-order valence-corrected chi connectivity index (χ1v) is 25.6. The van der Waals surface area contributed by atoms with E-state index in [1.807, 2.05) is 36.0 Å². The Morgan fingerprint density at radius 3 is 1.71 bits per heavy atom. The SMILES string of the molecule is C=CC[C@@H]1c2ccc(C)cc2SC[C@]1(C)c1ccc(C)cc1.C[C@]1(c2ccc(O)cc2)CSc2cc(O)ccc2[C@H]1CCCCCCCCCC(CCCCCC(F)(F)C(F)(F)F)C(=O)O. The van der Waals surface area contributed by atoms with Crippen molar-refractivity contribution in [3.63, 3.8) is 0 Å². The minimum absolute atomic E-state index is 0.114. The van der Waals surface area contributed by atoms with Crippen molar-refractivity contribution in [2.24, 2.45) is 5.92 Å². The van der Waals surface area contributed by atoms with Crippen molar-refractivity contribution in [2.75, 3.05) is 11.5 Å². The molecule has 0 aromatic heterocycles. The Labute approximate surface area is 398 Å². The number of rotatable bonds is 21. The summed E-state index contributed by atoms with van der Waals surface area (Å²) in [6, 6.07) is 29.1. The van der Waals surface area contributed by atoms with Gasteiger partial charge in [-0.2, -0.15) is 22.0 Å². The Morgan fingerprint density at radius 2 is 1.14 bits per heavy atom. The number of alkyl halides is 5. The zero-order chi connectivity index (χ0) is 48.1. The van der Waals surface area contributed by atoms with E-state index in [0.29, 0.717) is 25.2 Å². The summed E-state index contributed by atoms with van der Waals surface area (Å²) in [7, 11) is 0. The second-order valence-corrected chi connectivity index (χ2v) is 21.1. The number of hydrogen-bond acceptors (Lipinski definition) is 5. The van der Waals surface area contributed by atoms with E-state index in [2.05, 4.69) is 82.8 Å². The molecule has 0 saturated heterocycles. The summed E-state index contributed by atoms with van der Waals surface area (Å²) in [6.07, 6.45) is 5.16. The van der Waals surface area contributed by atoms with Gasteiger partial charge in [-0.15, -0.1) is 30.1 Å². The molecule has 3 N–H and O–H groups in total. The van der Waals surface area contributed by atoms with Crippen molar-refractivity contribution in [2.45, 2.75) is 169 Å². The highest BCUT2D eigenvalue weighted by Crippen LogP contribution is 2.54. The fourth-order valence-electron chi connectivity index (χ4n) is 9.78. The monoisotopic (exact) mass is 952 g/mol. The molecular formula is C55H69F5O4S2. The maximum absolute atomic E-state index is 13.0. The van der Waals surface area contributed by atoms with Crippen molar-refractivity contribution < 1.29 is 42.1 Å². The minimum Gasteiger partial charge on any atom is -0.508 e. The lowest BCUT2D eigenvalue weighted by atomic mass is 9.68. The zero-order valence-electron chi connectivity index (χ0n) is 39.1. The Hall–Kier alpha value is -3.96. The summed E-state index contributed by atoms with van der Waals surface area (Å²) >= 11 is 3.76. The van der Waals surface area contributed by atoms with Crippen molar-refractivity contribution in [3.05, 3.63) is 131 Å². The molecule has 5 atom stereocenters. The lowest BCUT2D eigenvalue weighted by Gasteiger charge is -2.43. The summed E-state index contributed by atoms with van der Waals surface area (Å²) in [5, 5.41) is 29.3. The normalized spacial score (nSPS) is 20.9. The predicted molar refractivity (Wildman–Crippen MR) is 262 cm³/mol. The molecule has 0 fully saturated rings. The van der Waals surface area contributed by atoms with E-state index >= 15 is 0 Å². The maximum Gasteiger partial charge on any atom is 0.453 e. The van der Waals surface area contributed by atoms with Crippen LogP contribution in [0.25, 0.3) is 0 Å². The van der Waals surface area contributed by atoms with Crippen LogP contribution in [0.4, 0.5) is 22.0 Å². The van der Waals surface area contributed by atoms with E-state index < -0.39 is 30.4 Å². The van der Waals surface area contributed by atoms with Crippen molar-refractivity contribution in [3.8, 4) is 11.5 Å². The molecule has 0 amide bonds. The average Bonchev–Trinajstić information content (AvgIpc) is 3.26. The largest absolute Gasteiger partial charge is 0.508 e. The second-order valence-electron chi connectivity index (χ2n) is 19.1. The van der Waals surface area contributed by atoms with Gasteiger partial charge in [0, 0.05) is 38.5 Å². The van der Waals surface area contributed by atoms with Crippen LogP contribution in [0.15, 0.2) is 107 Å². The van der Waals surface area contributed by atoms with Crippen molar-refractivity contribution in [1.82, 2.24) is 0 Å². The number of aryl methyl sites for hydroxylation is 2. The van der Waals surface area contributed by atoms with Crippen LogP contribution in [0.5, 0.6) is 11.5 Å². The number of carbonyl (C=O) groups is 1. The Balaban J connectivity index is 0.000000308. The van der Waals surface area contributed by atoms with Crippen LogP contribution < -0.4 is 0 Å². The van der Waals surface area contributed by atoms with Gasteiger partial charge in [0.05, 0.1) is 5.92 Å². The number of phenolic OH excluding ortho intramolecular Hbond substituents is 2. The number of fused-ring (bicyclic) bond motifs is 2. The van der Waals surface area contributed by atoms with Gasteiger partial charge in [0.15, 0.2) is 0 Å². The van der Waals surface area contributed by atoms with Gasteiger partial charge in [0.25, 0.3) is 0 Å². The highest BCUT2D eigenvalue weighted by Gasteiger charge is 2.56. The zero-order valence-corrected chi connectivity index (χ0v) is 40.7. The van der Waals surface area contributed by atoms with E-state index in [1.54, 1.807) is 30.0 Å². The Kier molecular flexibility index (Phi) is 19.2. The molecule has 360 valence electrons. The fraction of sp³-hybridized carbons (Fsp3) is 0.509. The molecule has 4 nitrogen and oxygen atoms in total. The molecule has 0 radical (unpaired) electrons. The predicted octanol–water partition coefficient (Wildman–Crippen LogP) is 16.6. The number of thioether (sulfide) groups is 2. The Bertz CT molecular complexity index is 2180. The molecule has 6 rings (SSSR count). The van der Waals surface area contributed by atoms with Crippen LogP contribution >= 0.6 is 23.5 Å². The van der Waals surface area contributed by atoms with Gasteiger partial charge < -0.3 is 15.3 Å². The first-order chi connectivity index (χ1) is 31.3. The summed E-state index contributed by atoms with van der Waals surface area (Å²) in [6.45, 7) is 13.0. The van der Waals surface area contributed by atoms with Crippen molar-refractivity contribution in [1.29, 1.82) is 0 Å². The van der Waals surface area contributed by atoms with E-state index in [1.165, 1.54) is 38.3 Å². The topological polar surface area (TPSA) is 77.8 Å². The van der Waals surface area contributed by atoms with Crippen LogP contribution in [0.3, 0.4) is 0 Å². The Morgan fingerprint density at radius 1 is 0.667 bits per heavy atom. The number of benzene rings is 4. The van der Waals surface area contributed by atoms with E-state index in [9.17, 15) is 42.1 Å². The van der Waals surface area contributed by atoms with Crippen LogP contribution in [-0.4, -0.2) is 44.9 Å². The first-order valence-electron chi connectivity index (χ1n) is 23.6. The fourth-order valence-corrected chi connectivity index (χ4v) is 12.7. The molecule has 4 aromatic carbocycles. The molecule has 2 heterocycles. The molecular weight excluding hydrogens is 884 g/mol. The number of unbranched alkanes of at least 4 members (excludes halogenated alkanes) is 8. The molecule has 0 spiro atoms. The van der Waals surface area contributed by atoms with Gasteiger partial charge in [-0.05, 0) is 110 Å². The number of carboxylic acids is 1. The summed E-state index contributed by atoms with van der Waals surface area (Å²) in [5.74, 6) is -2.93. The molecule has 11 heteroatoms. The van der Waals surface area contributed by atoms with Crippen LogP contribution in [0.1, 0.15) is 155 Å². The average molecular weight is 953 g/mol. The number of phenols is 2. The highest BCUT2D eigenvalue weighted by molar-refractivity contribution is 7.99. The number of aromatic hydroxyl groups is 2. The smallest absolute Gasteiger partial charge is 0.453 e. The summed E-state index contributed by atoms with van der Waals surface area (Å²) in [4.78, 5) is 14.1. The third-order valence-electron chi connectivity index (χ3n) is 14.0. The van der Waals surface area contributed by atoms with E-state index in [4.69, 9.17) is 0 Å². The quantitative estimate of drug-likeness (QED) is 0.0439. The third-order valence-corrected chi connectivity index (χ3v) is 16.8. The van der Waals surface area contributed by atoms with Gasteiger partial charge in [-0.1, -0.05) is 143 Å². The first kappa shape index (κ1) is 53.0. The number of halogens is 5. The molecule has 66 heavy (non-hydrogen) atoms. The number of carboxylic acid groups (broad SMARTS) is 1. The second kappa shape index (κ2) is 23.9. The van der Waals surface area contributed by atoms with Crippen LogP contribution in [0, 0.1) is 19.8 Å². The van der Waals surface area contributed by atoms with Gasteiger partial charge in [-0.3, -0.25) is 4.79 Å². The molecule has 1 unspecified atom stereocenters. The van der Waals surface area contributed by atoms with Crippen molar-refractivity contribution >= 4 is 29.5 Å². The van der Waals surface area contributed by atoms with Crippen LogP contribution in [0.2, 0.25) is 0 Å². The van der Waals surface area contributed by atoms with E-state index in [0.717, 1.165) is 74.2 Å².